The van der Waals surface area contributed by atoms with E-state index in [4.69, 9.17) is 10.2 Å². The summed E-state index contributed by atoms with van der Waals surface area (Å²) in [5, 5.41) is 28.6. The van der Waals surface area contributed by atoms with Crippen LogP contribution in [0.5, 0.6) is 0 Å². The average Bonchev–Trinajstić information content (AvgIpc) is 3.17. The summed E-state index contributed by atoms with van der Waals surface area (Å²) in [4.78, 5) is 13.9. The molecule has 5 nitrogen and oxygen atoms in total. The van der Waals surface area contributed by atoms with Gasteiger partial charge in [-0.15, -0.1) is 0 Å². The Kier molecular flexibility index (Phi) is 2.99. The Hall–Kier alpha value is -2.27. The summed E-state index contributed by atoms with van der Waals surface area (Å²) in [5.41, 5.74) is 2.75. The molecule has 5 heteroatoms. The highest BCUT2D eigenvalue weighted by Gasteiger charge is 2.25. The number of aromatic amines is 1. The molecule has 1 atom stereocenters. The van der Waals surface area contributed by atoms with Crippen LogP contribution in [0.1, 0.15) is 36.1 Å². The van der Waals surface area contributed by atoms with E-state index in [1.807, 2.05) is 6.07 Å². The predicted molar refractivity (Wildman–Crippen MR) is 73.6 cm³/mol. The van der Waals surface area contributed by atoms with Crippen LogP contribution in [-0.4, -0.2) is 26.3 Å². The number of H-pyrrole nitrogens is 1. The average molecular weight is 273 g/mol. The van der Waals surface area contributed by atoms with Crippen LogP contribution in [0, 0.1) is 0 Å². The number of nitrogens with one attached hydrogen (secondary N) is 1. The fraction of sp³-hybridized carbons (Fsp3) is 0.267. The SMILES string of the molecule is O=C(O)/C(O)=C\C(O)c1ccc2[nH]c(C3CC3)cc2c1. The van der Waals surface area contributed by atoms with Gasteiger partial charge in [0.2, 0.25) is 5.76 Å². The number of carboxylic acids is 1. The van der Waals surface area contributed by atoms with Crippen molar-refractivity contribution in [1.82, 2.24) is 4.98 Å². The second-order valence-electron chi connectivity index (χ2n) is 5.15. The van der Waals surface area contributed by atoms with Crippen molar-refractivity contribution in [1.29, 1.82) is 0 Å². The lowest BCUT2D eigenvalue weighted by Crippen LogP contribution is -2.02. The van der Waals surface area contributed by atoms with Crippen LogP contribution < -0.4 is 0 Å². The first-order valence-electron chi connectivity index (χ1n) is 6.49. The summed E-state index contributed by atoms with van der Waals surface area (Å²) in [7, 11) is 0. The van der Waals surface area contributed by atoms with Crippen LogP contribution in [0.15, 0.2) is 36.1 Å². The van der Waals surface area contributed by atoms with E-state index in [1.54, 1.807) is 12.1 Å². The van der Waals surface area contributed by atoms with Crippen LogP contribution in [0.25, 0.3) is 10.9 Å². The molecule has 0 amide bonds. The fourth-order valence-corrected chi connectivity index (χ4v) is 2.29. The third kappa shape index (κ3) is 2.40. The van der Waals surface area contributed by atoms with Gasteiger partial charge in [0.1, 0.15) is 6.10 Å². The van der Waals surface area contributed by atoms with Gasteiger partial charge < -0.3 is 20.3 Å². The minimum absolute atomic E-state index is 0.548. The third-order valence-electron chi connectivity index (χ3n) is 3.56. The summed E-state index contributed by atoms with van der Waals surface area (Å²) in [5.74, 6) is -1.69. The van der Waals surface area contributed by atoms with Crippen molar-refractivity contribution in [2.45, 2.75) is 24.9 Å². The van der Waals surface area contributed by atoms with E-state index in [9.17, 15) is 9.90 Å². The number of aliphatic hydroxyl groups excluding tert-OH is 2. The molecule has 3 rings (SSSR count). The molecule has 0 saturated heterocycles. The molecule has 1 unspecified atom stereocenters. The van der Waals surface area contributed by atoms with Crippen molar-refractivity contribution in [3.63, 3.8) is 0 Å². The molecule has 0 aliphatic heterocycles. The summed E-state index contributed by atoms with van der Waals surface area (Å²) in [6.45, 7) is 0. The number of hydrogen-bond acceptors (Lipinski definition) is 3. The van der Waals surface area contributed by atoms with Crippen molar-refractivity contribution in [3.8, 4) is 0 Å². The first-order valence-corrected chi connectivity index (χ1v) is 6.49. The van der Waals surface area contributed by atoms with Crippen molar-refractivity contribution >= 4 is 16.9 Å². The number of fused-ring (bicyclic) bond motifs is 1. The number of aliphatic hydroxyl groups is 2. The van der Waals surface area contributed by atoms with Crippen molar-refractivity contribution < 1.29 is 20.1 Å². The van der Waals surface area contributed by atoms with Gasteiger partial charge in [0.05, 0.1) is 0 Å². The highest BCUT2D eigenvalue weighted by molar-refractivity contribution is 5.84. The highest BCUT2D eigenvalue weighted by Crippen LogP contribution is 2.40. The van der Waals surface area contributed by atoms with Gasteiger partial charge in [0.15, 0.2) is 0 Å². The molecule has 1 aliphatic rings. The normalized spacial score (nSPS) is 17.4. The zero-order valence-electron chi connectivity index (χ0n) is 10.7. The maximum Gasteiger partial charge on any atom is 0.370 e. The van der Waals surface area contributed by atoms with Gasteiger partial charge in [0, 0.05) is 16.6 Å². The van der Waals surface area contributed by atoms with Crippen LogP contribution in [0.3, 0.4) is 0 Å². The molecular formula is C15H15NO4. The third-order valence-corrected chi connectivity index (χ3v) is 3.56. The monoisotopic (exact) mass is 273 g/mol. The highest BCUT2D eigenvalue weighted by atomic mass is 16.4. The van der Waals surface area contributed by atoms with Crippen molar-refractivity contribution in [2.24, 2.45) is 0 Å². The molecule has 0 spiro atoms. The number of benzene rings is 1. The van der Waals surface area contributed by atoms with E-state index in [0.29, 0.717) is 11.5 Å². The predicted octanol–water partition coefficient (Wildman–Crippen LogP) is 2.61. The topological polar surface area (TPSA) is 93.6 Å². The van der Waals surface area contributed by atoms with Gasteiger partial charge >= 0.3 is 5.97 Å². The van der Waals surface area contributed by atoms with Gasteiger partial charge in [-0.2, -0.15) is 0 Å². The number of rotatable bonds is 4. The molecule has 20 heavy (non-hydrogen) atoms. The molecule has 1 aliphatic carbocycles. The maximum absolute atomic E-state index is 10.5. The number of carbonyl (C=O) groups is 1. The zero-order chi connectivity index (χ0) is 14.3. The lowest BCUT2D eigenvalue weighted by atomic mass is 10.1. The summed E-state index contributed by atoms with van der Waals surface area (Å²) >= 11 is 0. The Morgan fingerprint density at radius 2 is 2.05 bits per heavy atom. The number of aliphatic carboxylic acids is 1. The zero-order valence-corrected chi connectivity index (χ0v) is 10.7. The Bertz CT molecular complexity index is 697. The van der Waals surface area contributed by atoms with Crippen molar-refractivity contribution in [3.05, 3.63) is 47.4 Å². The lowest BCUT2D eigenvalue weighted by Gasteiger charge is -2.06. The summed E-state index contributed by atoms with van der Waals surface area (Å²) in [6, 6.07) is 7.43. The van der Waals surface area contributed by atoms with E-state index in [0.717, 1.165) is 17.0 Å². The second kappa shape index (κ2) is 4.68. The van der Waals surface area contributed by atoms with Crippen molar-refractivity contribution in [2.75, 3.05) is 0 Å². The minimum atomic E-state index is -1.46. The van der Waals surface area contributed by atoms with Gasteiger partial charge in [-0.1, -0.05) is 6.07 Å². The van der Waals surface area contributed by atoms with Gasteiger partial charge in [-0.25, -0.2) is 4.79 Å². The molecule has 1 aromatic carbocycles. The first kappa shape index (κ1) is 12.7. The molecule has 4 N–H and O–H groups in total. The van der Waals surface area contributed by atoms with Gasteiger partial charge in [0.25, 0.3) is 0 Å². The summed E-state index contributed by atoms with van der Waals surface area (Å²) < 4.78 is 0. The molecule has 1 aromatic heterocycles. The molecule has 2 aromatic rings. The Labute approximate surface area is 115 Å². The molecule has 1 saturated carbocycles. The maximum atomic E-state index is 10.5. The van der Waals surface area contributed by atoms with E-state index in [2.05, 4.69) is 11.1 Å². The van der Waals surface area contributed by atoms with E-state index in [-0.39, 0.29) is 0 Å². The lowest BCUT2D eigenvalue weighted by molar-refractivity contribution is -0.135. The van der Waals surface area contributed by atoms with Gasteiger partial charge in [-0.3, -0.25) is 0 Å². The number of carboxylic acid groups (broad SMARTS) is 1. The molecule has 1 fully saturated rings. The van der Waals surface area contributed by atoms with Crippen LogP contribution in [0.4, 0.5) is 0 Å². The quantitative estimate of drug-likeness (QED) is 0.509. The fourth-order valence-electron chi connectivity index (χ4n) is 2.29. The summed E-state index contributed by atoms with van der Waals surface area (Å²) in [6.07, 6.45) is 2.18. The van der Waals surface area contributed by atoms with E-state index in [1.165, 1.54) is 18.5 Å². The number of hydrogen-bond donors (Lipinski definition) is 4. The Morgan fingerprint density at radius 3 is 2.70 bits per heavy atom. The molecular weight excluding hydrogens is 258 g/mol. The second-order valence-corrected chi connectivity index (χ2v) is 5.15. The van der Waals surface area contributed by atoms with Crippen LogP contribution in [-0.2, 0) is 4.79 Å². The van der Waals surface area contributed by atoms with E-state index >= 15 is 0 Å². The minimum Gasteiger partial charge on any atom is -0.502 e. The molecule has 104 valence electrons. The van der Waals surface area contributed by atoms with Gasteiger partial charge in [-0.05, 0) is 48.6 Å². The first-order chi connectivity index (χ1) is 9.54. The molecule has 0 bridgehead atoms. The van der Waals surface area contributed by atoms with Crippen LogP contribution >= 0.6 is 0 Å². The number of aromatic nitrogens is 1. The smallest absolute Gasteiger partial charge is 0.370 e. The molecule has 1 heterocycles. The largest absolute Gasteiger partial charge is 0.502 e. The Balaban J connectivity index is 1.91. The van der Waals surface area contributed by atoms with Crippen LogP contribution in [0.2, 0.25) is 0 Å². The molecule has 0 radical (unpaired) electrons. The standard InChI is InChI=1S/C15H15NO4/c17-13(7-14(18)15(19)20)9-3-4-11-10(5-9)6-12(16-11)8-1-2-8/h3-8,13,16-18H,1-2H2,(H,19,20)/b14-7+. The van der Waals surface area contributed by atoms with E-state index < -0.39 is 17.8 Å². The Morgan fingerprint density at radius 1 is 1.30 bits per heavy atom.